The lowest BCUT2D eigenvalue weighted by Gasteiger charge is -2.43. The molecule has 27 heavy (non-hydrogen) atoms. The minimum absolute atomic E-state index is 0. The molecule has 1 aromatic carbocycles. The molecule has 0 spiro atoms. The predicted octanol–water partition coefficient (Wildman–Crippen LogP) is 4.53. The summed E-state index contributed by atoms with van der Waals surface area (Å²) in [5.74, 6) is 0.630. The van der Waals surface area contributed by atoms with Crippen molar-refractivity contribution in [1.82, 2.24) is 5.32 Å². The summed E-state index contributed by atoms with van der Waals surface area (Å²) in [6.07, 6.45) is 3.33. The molecule has 0 aliphatic heterocycles. The van der Waals surface area contributed by atoms with E-state index in [1.807, 2.05) is 30.3 Å². The molecule has 0 saturated heterocycles. The minimum atomic E-state index is -0.692. The van der Waals surface area contributed by atoms with Gasteiger partial charge in [0.25, 0.3) is 0 Å². The largest absolute Gasteiger partial charge is 0.481 e. The van der Waals surface area contributed by atoms with Crippen LogP contribution in [0.25, 0.3) is 0 Å². The molecule has 1 aliphatic carbocycles. The molecule has 1 aromatic rings. The van der Waals surface area contributed by atoms with Crippen molar-refractivity contribution in [2.24, 2.45) is 35.3 Å². The molecule has 2 rings (SSSR count). The van der Waals surface area contributed by atoms with E-state index >= 15 is 0 Å². The van der Waals surface area contributed by atoms with Gasteiger partial charge in [-0.1, -0.05) is 57.5 Å². The maximum atomic E-state index is 12.4. The second-order valence-electron chi connectivity index (χ2n) is 7.99. The molecular weight excluding hydrogens is 383 g/mol. The Labute approximate surface area is 176 Å². The van der Waals surface area contributed by atoms with Crippen LogP contribution >= 0.6 is 24.8 Å². The van der Waals surface area contributed by atoms with Gasteiger partial charge >= 0.3 is 5.97 Å². The average Bonchev–Trinajstić information content (AvgIpc) is 2.58. The SMILES string of the molecule is CC(C)C1CC[C@@H](C)C[C@H]1[C@H](C(=O)O)C(NCCN)c1ccccc1.Cl.Cl. The smallest absolute Gasteiger partial charge is 0.308 e. The summed E-state index contributed by atoms with van der Waals surface area (Å²) < 4.78 is 0. The third-order valence-corrected chi connectivity index (χ3v) is 5.85. The number of hydrogen-bond acceptors (Lipinski definition) is 3. The topological polar surface area (TPSA) is 75.3 Å². The molecule has 4 N–H and O–H groups in total. The number of nitrogens with two attached hydrogens (primary N) is 1. The van der Waals surface area contributed by atoms with Gasteiger partial charge in [-0.3, -0.25) is 4.79 Å². The Bertz CT molecular complexity index is 542. The third-order valence-electron chi connectivity index (χ3n) is 5.85. The van der Waals surface area contributed by atoms with Crippen LogP contribution in [0.2, 0.25) is 0 Å². The van der Waals surface area contributed by atoms with Crippen LogP contribution in [-0.4, -0.2) is 24.2 Å². The molecule has 6 heteroatoms. The lowest BCUT2D eigenvalue weighted by molar-refractivity contribution is -0.147. The van der Waals surface area contributed by atoms with Gasteiger partial charge in [-0.05, 0) is 42.1 Å². The number of nitrogens with one attached hydrogen (secondary N) is 1. The van der Waals surface area contributed by atoms with Crippen molar-refractivity contribution in [3.8, 4) is 0 Å². The zero-order valence-corrected chi connectivity index (χ0v) is 18.3. The Morgan fingerprint density at radius 2 is 1.81 bits per heavy atom. The molecule has 5 atom stereocenters. The summed E-state index contributed by atoms with van der Waals surface area (Å²) in [5, 5.41) is 13.6. The summed E-state index contributed by atoms with van der Waals surface area (Å²) >= 11 is 0. The number of carbonyl (C=O) groups is 1. The van der Waals surface area contributed by atoms with Crippen LogP contribution in [0.4, 0.5) is 0 Å². The van der Waals surface area contributed by atoms with Crippen LogP contribution in [0.3, 0.4) is 0 Å². The molecular formula is C21H36Cl2N2O2. The standard InChI is InChI=1S/C21H34N2O2.2ClH/c1-14(2)17-10-9-15(3)13-18(17)19(21(24)25)20(23-12-11-22)16-7-5-4-6-8-16;;/h4-8,14-15,17-20,23H,9-13,22H2,1-3H3,(H,24,25);2*1H/t15-,17?,18-,19+,20?;;/m1../s1. The molecule has 4 nitrogen and oxygen atoms in total. The first-order valence-electron chi connectivity index (χ1n) is 9.66. The lowest BCUT2D eigenvalue weighted by Crippen LogP contribution is -2.44. The maximum Gasteiger partial charge on any atom is 0.308 e. The number of benzene rings is 1. The number of carboxylic acids is 1. The normalized spacial score (nSPS) is 24.4. The summed E-state index contributed by atoms with van der Waals surface area (Å²) in [6.45, 7) is 7.85. The highest BCUT2D eigenvalue weighted by atomic mass is 35.5. The number of rotatable bonds is 8. The Balaban J connectivity index is 0.00000338. The average molecular weight is 419 g/mol. The molecule has 0 radical (unpaired) electrons. The molecule has 156 valence electrons. The van der Waals surface area contributed by atoms with E-state index in [0.717, 1.165) is 18.4 Å². The number of carboxylic acid groups (broad SMARTS) is 1. The Morgan fingerprint density at radius 3 is 2.33 bits per heavy atom. The van der Waals surface area contributed by atoms with E-state index in [0.29, 0.717) is 30.8 Å². The van der Waals surface area contributed by atoms with E-state index in [1.165, 1.54) is 6.42 Å². The van der Waals surface area contributed by atoms with Gasteiger partial charge in [0.15, 0.2) is 0 Å². The van der Waals surface area contributed by atoms with Crippen molar-refractivity contribution in [3.63, 3.8) is 0 Å². The van der Waals surface area contributed by atoms with Crippen LogP contribution in [-0.2, 0) is 4.79 Å². The van der Waals surface area contributed by atoms with Gasteiger partial charge in [-0.2, -0.15) is 0 Å². The number of hydrogen-bond donors (Lipinski definition) is 3. The fraction of sp³-hybridized carbons (Fsp3) is 0.667. The Hall–Kier alpha value is -0.810. The van der Waals surface area contributed by atoms with Crippen LogP contribution < -0.4 is 11.1 Å². The van der Waals surface area contributed by atoms with Gasteiger partial charge in [-0.15, -0.1) is 24.8 Å². The molecule has 1 saturated carbocycles. The second-order valence-corrected chi connectivity index (χ2v) is 7.99. The quantitative estimate of drug-likeness (QED) is 0.579. The molecule has 0 heterocycles. The first-order valence-corrected chi connectivity index (χ1v) is 9.66. The van der Waals surface area contributed by atoms with Crippen LogP contribution in [0.5, 0.6) is 0 Å². The molecule has 0 bridgehead atoms. The third kappa shape index (κ3) is 6.94. The zero-order valence-electron chi connectivity index (χ0n) is 16.6. The monoisotopic (exact) mass is 418 g/mol. The number of halogens is 2. The van der Waals surface area contributed by atoms with Crippen molar-refractivity contribution >= 4 is 30.8 Å². The van der Waals surface area contributed by atoms with E-state index in [4.69, 9.17) is 5.73 Å². The van der Waals surface area contributed by atoms with E-state index in [2.05, 4.69) is 26.1 Å². The summed E-state index contributed by atoms with van der Waals surface area (Å²) in [7, 11) is 0. The zero-order chi connectivity index (χ0) is 18.4. The van der Waals surface area contributed by atoms with Gasteiger partial charge in [0.05, 0.1) is 5.92 Å². The first kappa shape index (κ1) is 26.2. The fourth-order valence-corrected chi connectivity index (χ4v) is 4.61. The molecule has 1 fully saturated rings. The van der Waals surface area contributed by atoms with Gasteiger partial charge < -0.3 is 16.2 Å². The van der Waals surface area contributed by atoms with Crippen LogP contribution in [0.1, 0.15) is 51.6 Å². The van der Waals surface area contributed by atoms with Crippen molar-refractivity contribution in [3.05, 3.63) is 35.9 Å². The van der Waals surface area contributed by atoms with E-state index in [-0.39, 0.29) is 36.8 Å². The number of aliphatic carboxylic acids is 1. The summed E-state index contributed by atoms with van der Waals surface area (Å²) in [4.78, 5) is 12.4. The maximum absolute atomic E-state index is 12.4. The van der Waals surface area contributed by atoms with Crippen molar-refractivity contribution in [2.45, 2.75) is 46.1 Å². The molecule has 2 unspecified atom stereocenters. The highest BCUT2D eigenvalue weighted by molar-refractivity contribution is 5.85. The fourth-order valence-electron chi connectivity index (χ4n) is 4.61. The van der Waals surface area contributed by atoms with Gasteiger partial charge in [0, 0.05) is 19.1 Å². The minimum Gasteiger partial charge on any atom is -0.481 e. The van der Waals surface area contributed by atoms with Crippen molar-refractivity contribution < 1.29 is 9.90 Å². The summed E-state index contributed by atoms with van der Waals surface area (Å²) in [6, 6.07) is 9.79. The van der Waals surface area contributed by atoms with Gasteiger partial charge in [0.2, 0.25) is 0 Å². The summed E-state index contributed by atoms with van der Waals surface area (Å²) in [5.41, 5.74) is 6.74. The molecule has 0 aromatic heterocycles. The molecule has 1 aliphatic rings. The van der Waals surface area contributed by atoms with Crippen molar-refractivity contribution in [2.75, 3.05) is 13.1 Å². The van der Waals surface area contributed by atoms with E-state index in [9.17, 15) is 9.90 Å². The van der Waals surface area contributed by atoms with Crippen molar-refractivity contribution in [1.29, 1.82) is 0 Å². The van der Waals surface area contributed by atoms with Crippen LogP contribution in [0.15, 0.2) is 30.3 Å². The molecule has 0 amide bonds. The predicted molar refractivity (Wildman–Crippen MR) is 117 cm³/mol. The highest BCUT2D eigenvalue weighted by Crippen LogP contribution is 2.45. The van der Waals surface area contributed by atoms with Crippen LogP contribution in [0, 0.1) is 29.6 Å². The lowest BCUT2D eigenvalue weighted by atomic mass is 9.63. The second kappa shape index (κ2) is 12.6. The van der Waals surface area contributed by atoms with E-state index < -0.39 is 11.9 Å². The first-order chi connectivity index (χ1) is 12.0. The Morgan fingerprint density at radius 1 is 1.19 bits per heavy atom. The highest BCUT2D eigenvalue weighted by Gasteiger charge is 2.43. The Kier molecular flexibility index (Phi) is 12.2. The van der Waals surface area contributed by atoms with Gasteiger partial charge in [-0.25, -0.2) is 0 Å². The van der Waals surface area contributed by atoms with Gasteiger partial charge in [0.1, 0.15) is 0 Å². The van der Waals surface area contributed by atoms with E-state index in [1.54, 1.807) is 0 Å².